The maximum Gasteiger partial charge on any atom is 0.145 e. The molecule has 4 nitrogen and oxygen atoms in total. The van der Waals surface area contributed by atoms with Gasteiger partial charge in [0.2, 0.25) is 0 Å². The Hall–Kier alpha value is -2.38. The van der Waals surface area contributed by atoms with Gasteiger partial charge in [-0.2, -0.15) is 5.26 Å². The van der Waals surface area contributed by atoms with E-state index in [1.165, 1.54) is 0 Å². The zero-order valence-electron chi connectivity index (χ0n) is 11.7. The molecule has 2 aromatic rings. The number of anilines is 1. The SMILES string of the molecule is N#Cc1ncccc1CN1CCCC(O)c2ccccc21. The second-order valence-corrected chi connectivity index (χ2v) is 5.26. The zero-order valence-corrected chi connectivity index (χ0v) is 11.7. The molecule has 0 saturated heterocycles. The molecule has 2 heterocycles. The number of pyridine rings is 1. The predicted molar refractivity (Wildman–Crippen MR) is 80.6 cm³/mol. The summed E-state index contributed by atoms with van der Waals surface area (Å²) >= 11 is 0. The van der Waals surface area contributed by atoms with Gasteiger partial charge in [-0.05, 0) is 25.0 Å². The van der Waals surface area contributed by atoms with Crippen molar-refractivity contribution in [2.45, 2.75) is 25.5 Å². The summed E-state index contributed by atoms with van der Waals surface area (Å²) in [5.74, 6) is 0. The summed E-state index contributed by atoms with van der Waals surface area (Å²) < 4.78 is 0. The van der Waals surface area contributed by atoms with E-state index in [0.29, 0.717) is 12.2 Å². The van der Waals surface area contributed by atoms with E-state index in [1.807, 2.05) is 36.4 Å². The highest BCUT2D eigenvalue weighted by Crippen LogP contribution is 2.33. The lowest BCUT2D eigenvalue weighted by Gasteiger charge is -2.25. The summed E-state index contributed by atoms with van der Waals surface area (Å²) in [4.78, 5) is 6.35. The molecule has 1 aliphatic heterocycles. The minimum atomic E-state index is -0.407. The summed E-state index contributed by atoms with van der Waals surface area (Å²) in [6.07, 6.45) is 2.93. The molecular formula is C17H17N3O. The fourth-order valence-electron chi connectivity index (χ4n) is 2.85. The van der Waals surface area contributed by atoms with Gasteiger partial charge in [0.1, 0.15) is 11.8 Å². The molecule has 0 radical (unpaired) electrons. The predicted octanol–water partition coefficient (Wildman–Crippen LogP) is 2.79. The molecule has 1 unspecified atom stereocenters. The lowest BCUT2D eigenvalue weighted by molar-refractivity contribution is 0.168. The first-order chi connectivity index (χ1) is 10.3. The summed E-state index contributed by atoms with van der Waals surface area (Å²) in [5.41, 5.74) is 3.42. The first kappa shape index (κ1) is 13.6. The third-order valence-corrected chi connectivity index (χ3v) is 3.90. The molecule has 1 N–H and O–H groups in total. The fraction of sp³-hybridized carbons (Fsp3) is 0.294. The summed E-state index contributed by atoms with van der Waals surface area (Å²) in [5, 5.41) is 19.4. The Morgan fingerprint density at radius 3 is 3.00 bits per heavy atom. The number of aromatic nitrogens is 1. The van der Waals surface area contributed by atoms with Crippen molar-refractivity contribution in [3.8, 4) is 6.07 Å². The van der Waals surface area contributed by atoms with Crippen molar-refractivity contribution in [3.63, 3.8) is 0 Å². The number of para-hydroxylation sites is 1. The largest absolute Gasteiger partial charge is 0.388 e. The number of nitrogens with zero attached hydrogens (tertiary/aromatic N) is 3. The van der Waals surface area contributed by atoms with Crippen LogP contribution in [0.25, 0.3) is 0 Å². The molecule has 0 spiro atoms. The topological polar surface area (TPSA) is 60.2 Å². The van der Waals surface area contributed by atoms with Gasteiger partial charge in [0.25, 0.3) is 0 Å². The summed E-state index contributed by atoms with van der Waals surface area (Å²) in [6, 6.07) is 13.9. The Kier molecular flexibility index (Phi) is 3.85. The number of aliphatic hydroxyl groups excluding tert-OH is 1. The molecule has 1 aromatic carbocycles. The molecule has 1 aliphatic rings. The first-order valence-electron chi connectivity index (χ1n) is 7.15. The molecule has 106 valence electrons. The number of hydrogen-bond donors (Lipinski definition) is 1. The summed E-state index contributed by atoms with van der Waals surface area (Å²) in [6.45, 7) is 1.51. The Morgan fingerprint density at radius 1 is 1.29 bits per heavy atom. The van der Waals surface area contributed by atoms with Crippen LogP contribution in [-0.2, 0) is 6.54 Å². The van der Waals surface area contributed by atoms with Gasteiger partial charge in [0, 0.05) is 36.1 Å². The minimum absolute atomic E-state index is 0.407. The van der Waals surface area contributed by atoms with E-state index in [9.17, 15) is 5.11 Å². The van der Waals surface area contributed by atoms with Gasteiger partial charge in [-0.3, -0.25) is 0 Å². The highest BCUT2D eigenvalue weighted by atomic mass is 16.3. The van der Waals surface area contributed by atoms with E-state index < -0.39 is 6.10 Å². The van der Waals surface area contributed by atoms with Crippen molar-refractivity contribution < 1.29 is 5.11 Å². The molecule has 4 heteroatoms. The van der Waals surface area contributed by atoms with Gasteiger partial charge < -0.3 is 10.0 Å². The van der Waals surface area contributed by atoms with Crippen LogP contribution >= 0.6 is 0 Å². The minimum Gasteiger partial charge on any atom is -0.388 e. The van der Waals surface area contributed by atoms with E-state index in [4.69, 9.17) is 5.26 Å². The Labute approximate surface area is 124 Å². The maximum absolute atomic E-state index is 10.2. The maximum atomic E-state index is 10.2. The molecule has 0 saturated carbocycles. The van der Waals surface area contributed by atoms with Crippen molar-refractivity contribution in [3.05, 3.63) is 59.4 Å². The Balaban J connectivity index is 1.95. The van der Waals surface area contributed by atoms with E-state index >= 15 is 0 Å². The van der Waals surface area contributed by atoms with Gasteiger partial charge in [0.15, 0.2) is 0 Å². The van der Waals surface area contributed by atoms with Crippen LogP contribution in [0.4, 0.5) is 5.69 Å². The van der Waals surface area contributed by atoms with Crippen LogP contribution in [0.1, 0.15) is 35.8 Å². The lowest BCUT2D eigenvalue weighted by atomic mass is 10.0. The van der Waals surface area contributed by atoms with Gasteiger partial charge in [-0.25, -0.2) is 4.98 Å². The number of aliphatic hydroxyl groups is 1. The third-order valence-electron chi connectivity index (χ3n) is 3.90. The van der Waals surface area contributed by atoms with Crippen molar-refractivity contribution >= 4 is 5.69 Å². The van der Waals surface area contributed by atoms with Crippen LogP contribution in [0, 0.1) is 11.3 Å². The Morgan fingerprint density at radius 2 is 2.14 bits per heavy atom. The first-order valence-corrected chi connectivity index (χ1v) is 7.15. The fourth-order valence-corrected chi connectivity index (χ4v) is 2.85. The molecule has 1 aromatic heterocycles. The quantitative estimate of drug-likeness (QED) is 0.918. The standard InChI is InChI=1S/C17H17N3O/c18-11-15-13(5-3-9-19-15)12-20-10-4-8-17(21)14-6-1-2-7-16(14)20/h1-3,5-7,9,17,21H,4,8,10,12H2. The van der Waals surface area contributed by atoms with Crippen LogP contribution in [0.15, 0.2) is 42.6 Å². The second-order valence-electron chi connectivity index (χ2n) is 5.26. The van der Waals surface area contributed by atoms with Crippen LogP contribution in [0.2, 0.25) is 0 Å². The van der Waals surface area contributed by atoms with E-state index in [0.717, 1.165) is 36.2 Å². The molecule has 1 atom stereocenters. The average molecular weight is 279 g/mol. The lowest BCUT2D eigenvalue weighted by Crippen LogP contribution is -2.24. The van der Waals surface area contributed by atoms with Crippen molar-refractivity contribution in [2.75, 3.05) is 11.4 Å². The molecule has 21 heavy (non-hydrogen) atoms. The van der Waals surface area contributed by atoms with Crippen LogP contribution < -0.4 is 4.90 Å². The average Bonchev–Trinajstić information content (AvgIpc) is 2.68. The monoisotopic (exact) mass is 279 g/mol. The van der Waals surface area contributed by atoms with Gasteiger partial charge in [0.05, 0.1) is 6.10 Å². The third kappa shape index (κ3) is 2.74. The van der Waals surface area contributed by atoms with E-state index in [1.54, 1.807) is 6.20 Å². The number of fused-ring (bicyclic) bond motifs is 1. The normalized spacial score (nSPS) is 17.7. The number of hydrogen-bond acceptors (Lipinski definition) is 4. The van der Waals surface area contributed by atoms with Gasteiger partial charge in [-0.15, -0.1) is 0 Å². The summed E-state index contributed by atoms with van der Waals surface area (Å²) in [7, 11) is 0. The highest BCUT2D eigenvalue weighted by molar-refractivity contribution is 5.56. The van der Waals surface area contributed by atoms with Crippen molar-refractivity contribution in [2.24, 2.45) is 0 Å². The van der Waals surface area contributed by atoms with Crippen molar-refractivity contribution in [1.82, 2.24) is 4.98 Å². The zero-order chi connectivity index (χ0) is 14.7. The molecule has 0 aliphatic carbocycles. The van der Waals surface area contributed by atoms with Gasteiger partial charge in [-0.1, -0.05) is 24.3 Å². The second kappa shape index (κ2) is 5.94. The molecule has 3 rings (SSSR count). The molecule has 0 bridgehead atoms. The molecular weight excluding hydrogens is 262 g/mol. The highest BCUT2D eigenvalue weighted by Gasteiger charge is 2.21. The molecule has 0 fully saturated rings. The van der Waals surface area contributed by atoms with Gasteiger partial charge >= 0.3 is 0 Å². The van der Waals surface area contributed by atoms with Crippen LogP contribution in [-0.4, -0.2) is 16.6 Å². The van der Waals surface area contributed by atoms with Crippen LogP contribution in [0.3, 0.4) is 0 Å². The smallest absolute Gasteiger partial charge is 0.145 e. The number of nitriles is 1. The van der Waals surface area contributed by atoms with Crippen molar-refractivity contribution in [1.29, 1.82) is 5.26 Å². The van der Waals surface area contributed by atoms with E-state index in [-0.39, 0.29) is 0 Å². The number of benzene rings is 1. The Bertz CT molecular complexity index is 678. The van der Waals surface area contributed by atoms with Crippen LogP contribution in [0.5, 0.6) is 0 Å². The van der Waals surface area contributed by atoms with E-state index in [2.05, 4.69) is 16.0 Å². The number of rotatable bonds is 2. The molecule has 0 amide bonds.